The monoisotopic (exact) mass is 1440 g/mol. The van der Waals surface area contributed by atoms with Gasteiger partial charge in [-0.25, -0.2) is 0 Å². The number of carbonyl (C=O) groups is 2. The van der Waals surface area contributed by atoms with Crippen molar-refractivity contribution in [3.8, 4) is 0 Å². The van der Waals surface area contributed by atoms with E-state index in [0.29, 0.717) is 17.4 Å². The third kappa shape index (κ3) is 85.6. The number of carbonyl (C=O) groups excluding carboxylic acids is 2. The molecule has 0 rings (SSSR count). The van der Waals surface area contributed by atoms with Crippen molar-refractivity contribution in [2.45, 2.75) is 418 Å². The Bertz CT molecular complexity index is 2100. The minimum Gasteiger partial charge on any atom is -0.756 e. The van der Waals surface area contributed by atoms with E-state index in [2.05, 4.69) is 123 Å². The summed E-state index contributed by atoms with van der Waals surface area (Å²) in [5, 5.41) is 0. The smallest absolute Gasteiger partial charge is 0.306 e. The number of allylic oxidation sites excluding steroid dienone is 18. The Labute approximate surface area is 633 Å². The van der Waals surface area contributed by atoms with Gasteiger partial charge in [-0.1, -0.05) is 425 Å². The van der Waals surface area contributed by atoms with Crippen LogP contribution in [0.15, 0.2) is 109 Å². The third-order valence-corrected chi connectivity index (χ3v) is 20.3. The standard InChI is InChI=1S/C92H166NO8P/c1-6-8-10-12-14-16-18-20-22-24-26-28-30-32-34-36-38-40-42-44-46-48-50-52-54-56-58-60-62-64-66-68-70-72-74-76-78-80-82-84-91(94)98-88-90(89-100-102(96,97)99-87-86-93(3,4)5)101-92(95)85-83-81-79-77-75-73-71-69-67-65-63-61-59-57-55-53-51-49-47-45-43-41-39-37-35-33-31-29-27-25-23-21-19-17-15-13-11-9-7-2/h9,11,15,17,21,23,27,29,33,35,39,41,45,47,51,53,57,59,90H,6-8,10,12-14,16,18-20,22,24-26,28,30-32,34,36-38,40,42-44,46,48-50,52,54-56,58,60-89H2,1-5H3/b11-9-,17-15-,23-21-,29-27-,35-33-,41-39-,47-45-,53-51-,59-57-. The van der Waals surface area contributed by atoms with E-state index in [-0.39, 0.29) is 32.0 Å². The summed E-state index contributed by atoms with van der Waals surface area (Å²) in [7, 11) is 1.17. The molecule has 0 saturated heterocycles. The van der Waals surface area contributed by atoms with E-state index >= 15 is 0 Å². The van der Waals surface area contributed by atoms with Gasteiger partial charge in [0, 0.05) is 12.8 Å². The van der Waals surface area contributed by atoms with Gasteiger partial charge in [-0.05, 0) is 83.5 Å². The Hall–Kier alpha value is -3.33. The van der Waals surface area contributed by atoms with Crippen molar-refractivity contribution < 1.29 is 42.1 Å². The van der Waals surface area contributed by atoms with Gasteiger partial charge in [0.1, 0.15) is 19.8 Å². The van der Waals surface area contributed by atoms with Gasteiger partial charge < -0.3 is 27.9 Å². The fourth-order valence-electron chi connectivity index (χ4n) is 12.7. The summed E-state index contributed by atoms with van der Waals surface area (Å²) in [4.78, 5) is 38.2. The Morgan fingerprint density at radius 2 is 0.559 bits per heavy atom. The van der Waals surface area contributed by atoms with E-state index in [9.17, 15) is 19.0 Å². The predicted octanol–water partition coefficient (Wildman–Crippen LogP) is 28.9. The number of rotatable bonds is 81. The lowest BCUT2D eigenvalue weighted by molar-refractivity contribution is -0.870. The minimum atomic E-state index is -4.65. The van der Waals surface area contributed by atoms with Crippen molar-refractivity contribution in [2.24, 2.45) is 0 Å². The SMILES string of the molecule is CC/C=C\C/C=C\C/C=C\C/C=C\C/C=C\C/C=C\C/C=C\C/C=C\C/C=C\CCCCCCCCCCCCCC(=O)OC(COC(=O)CCCCCCCCCCCCCCCCCCCCCCCCCCCCCCCCCCCCCCCCC)COP(=O)([O-])OCC[N+](C)(C)C. The molecule has 0 aromatic heterocycles. The number of phosphoric ester groups is 1. The predicted molar refractivity (Wildman–Crippen MR) is 443 cm³/mol. The van der Waals surface area contributed by atoms with E-state index in [1.54, 1.807) is 0 Å². The molecule has 0 heterocycles. The zero-order valence-electron chi connectivity index (χ0n) is 67.8. The van der Waals surface area contributed by atoms with E-state index in [0.717, 1.165) is 103 Å². The number of unbranched alkanes of at least 4 members (excludes halogenated alkanes) is 49. The number of hydrogen-bond acceptors (Lipinski definition) is 8. The zero-order valence-corrected chi connectivity index (χ0v) is 68.7. The molecule has 0 aliphatic rings. The lowest BCUT2D eigenvalue weighted by Crippen LogP contribution is -2.37. The van der Waals surface area contributed by atoms with Gasteiger partial charge in [0.05, 0.1) is 27.7 Å². The van der Waals surface area contributed by atoms with Gasteiger partial charge in [0.25, 0.3) is 7.82 Å². The van der Waals surface area contributed by atoms with E-state index in [1.165, 1.54) is 276 Å². The van der Waals surface area contributed by atoms with Gasteiger partial charge in [-0.15, -0.1) is 0 Å². The van der Waals surface area contributed by atoms with Crippen LogP contribution < -0.4 is 4.89 Å². The van der Waals surface area contributed by atoms with Crippen molar-refractivity contribution in [2.75, 3.05) is 47.5 Å². The molecule has 10 heteroatoms. The van der Waals surface area contributed by atoms with Gasteiger partial charge in [-0.3, -0.25) is 14.2 Å². The highest BCUT2D eigenvalue weighted by atomic mass is 31.2. The molecule has 0 spiro atoms. The van der Waals surface area contributed by atoms with Crippen molar-refractivity contribution in [3.63, 3.8) is 0 Å². The summed E-state index contributed by atoms with van der Waals surface area (Å²) in [5.74, 6) is -0.823. The molecule has 0 aromatic carbocycles. The van der Waals surface area contributed by atoms with Crippen LogP contribution in [0, 0.1) is 0 Å². The molecule has 2 unspecified atom stereocenters. The molecular weight excluding hydrogens is 1280 g/mol. The van der Waals surface area contributed by atoms with E-state index in [1.807, 2.05) is 21.1 Å². The molecule has 0 aromatic rings. The molecular formula is C92H166NO8P. The molecule has 2 atom stereocenters. The fourth-order valence-corrected chi connectivity index (χ4v) is 13.4. The van der Waals surface area contributed by atoms with Crippen molar-refractivity contribution in [3.05, 3.63) is 109 Å². The highest BCUT2D eigenvalue weighted by Gasteiger charge is 2.22. The van der Waals surface area contributed by atoms with Crippen LogP contribution in [0.4, 0.5) is 0 Å². The molecule has 0 aliphatic carbocycles. The molecule has 592 valence electrons. The van der Waals surface area contributed by atoms with Crippen molar-refractivity contribution in [1.29, 1.82) is 0 Å². The molecule has 0 bridgehead atoms. The molecule has 0 radical (unpaired) electrons. The molecule has 9 nitrogen and oxygen atoms in total. The first-order chi connectivity index (χ1) is 50.0. The van der Waals surface area contributed by atoms with Crippen molar-refractivity contribution in [1.82, 2.24) is 0 Å². The topological polar surface area (TPSA) is 111 Å². The van der Waals surface area contributed by atoms with Crippen LogP contribution in [0.2, 0.25) is 0 Å². The van der Waals surface area contributed by atoms with Crippen LogP contribution in [-0.2, 0) is 32.7 Å². The van der Waals surface area contributed by atoms with Crippen LogP contribution >= 0.6 is 7.82 Å². The first kappa shape index (κ1) is 98.7. The summed E-state index contributed by atoms with van der Waals surface area (Å²) < 4.78 is 34.5. The largest absolute Gasteiger partial charge is 0.756 e. The second-order valence-electron chi connectivity index (χ2n) is 30.5. The summed E-state index contributed by atoms with van der Waals surface area (Å²) >= 11 is 0. The Morgan fingerprint density at radius 3 is 0.833 bits per heavy atom. The lowest BCUT2D eigenvalue weighted by atomic mass is 10.0. The number of phosphoric acid groups is 1. The normalized spacial score (nSPS) is 13.5. The maximum atomic E-state index is 12.9. The van der Waals surface area contributed by atoms with Crippen LogP contribution in [0.3, 0.4) is 0 Å². The number of nitrogens with zero attached hydrogens (tertiary/aromatic N) is 1. The van der Waals surface area contributed by atoms with Crippen molar-refractivity contribution >= 4 is 19.8 Å². The Kier molecular flexibility index (Phi) is 79.1. The quantitative estimate of drug-likeness (QED) is 0.0195. The maximum Gasteiger partial charge on any atom is 0.306 e. The second kappa shape index (κ2) is 81.7. The van der Waals surface area contributed by atoms with Crippen LogP contribution in [-0.4, -0.2) is 70.0 Å². The fraction of sp³-hybridized carbons (Fsp3) is 0.783. The zero-order chi connectivity index (χ0) is 74.0. The van der Waals surface area contributed by atoms with E-state index in [4.69, 9.17) is 18.5 Å². The molecule has 0 saturated carbocycles. The number of quaternary nitrogens is 1. The average Bonchev–Trinajstić information content (AvgIpc) is 0.914. The number of hydrogen-bond donors (Lipinski definition) is 0. The molecule has 0 amide bonds. The van der Waals surface area contributed by atoms with Gasteiger partial charge in [-0.2, -0.15) is 0 Å². The van der Waals surface area contributed by atoms with Gasteiger partial charge >= 0.3 is 11.9 Å². The van der Waals surface area contributed by atoms with Crippen LogP contribution in [0.25, 0.3) is 0 Å². The molecule has 0 fully saturated rings. The number of likely N-dealkylation sites (N-methyl/N-ethyl adjacent to an activating group) is 1. The van der Waals surface area contributed by atoms with Crippen LogP contribution in [0.1, 0.15) is 412 Å². The second-order valence-corrected chi connectivity index (χ2v) is 31.9. The van der Waals surface area contributed by atoms with Gasteiger partial charge in [0.15, 0.2) is 6.10 Å². The first-order valence-electron chi connectivity index (χ1n) is 43.6. The summed E-state index contributed by atoms with van der Waals surface area (Å²) in [6, 6.07) is 0. The first-order valence-corrected chi connectivity index (χ1v) is 45.1. The van der Waals surface area contributed by atoms with Gasteiger partial charge in [0.2, 0.25) is 0 Å². The summed E-state index contributed by atoms with van der Waals surface area (Å²) in [6.45, 7) is 4.18. The number of esters is 2. The summed E-state index contributed by atoms with van der Waals surface area (Å²) in [5.41, 5.74) is 0. The summed E-state index contributed by atoms with van der Waals surface area (Å²) in [6.07, 6.45) is 117. The third-order valence-electron chi connectivity index (χ3n) is 19.3. The lowest BCUT2D eigenvalue weighted by Gasteiger charge is -2.28. The molecule has 0 aliphatic heterocycles. The highest BCUT2D eigenvalue weighted by molar-refractivity contribution is 7.45. The average molecular weight is 1450 g/mol. The Morgan fingerprint density at radius 1 is 0.314 bits per heavy atom. The number of ether oxygens (including phenoxy) is 2. The minimum absolute atomic E-state index is 0.0334. The highest BCUT2D eigenvalue weighted by Crippen LogP contribution is 2.38. The van der Waals surface area contributed by atoms with Crippen LogP contribution in [0.5, 0.6) is 0 Å². The molecule has 102 heavy (non-hydrogen) atoms. The van der Waals surface area contributed by atoms with E-state index < -0.39 is 26.5 Å². The Balaban J connectivity index is 3.93. The molecule has 0 N–H and O–H groups in total. The maximum absolute atomic E-state index is 12.9.